The third kappa shape index (κ3) is 2.76. The number of halogens is 1. The molecule has 96 valence electrons. The topological polar surface area (TPSA) is 63.2 Å². The van der Waals surface area contributed by atoms with Crippen LogP contribution < -0.4 is 5.32 Å². The Hall–Kier alpha value is -1.69. The summed E-state index contributed by atoms with van der Waals surface area (Å²) < 4.78 is 34.9. The van der Waals surface area contributed by atoms with Crippen molar-refractivity contribution in [2.75, 3.05) is 5.32 Å². The number of nitrogens with one attached hydrogen (secondary N) is 1. The maximum absolute atomic E-state index is 13.0. The zero-order valence-electron chi connectivity index (χ0n) is 9.47. The zero-order chi connectivity index (χ0) is 13.2. The molecule has 2 rings (SSSR count). The van der Waals surface area contributed by atoms with Gasteiger partial charge in [-0.15, -0.1) is 3.89 Å². The smallest absolute Gasteiger partial charge is 0.325 e. The van der Waals surface area contributed by atoms with E-state index in [9.17, 15) is 17.1 Å². The molecule has 1 aliphatic rings. The van der Waals surface area contributed by atoms with E-state index in [1.54, 1.807) is 0 Å². The molecule has 1 N–H and O–H groups in total. The molecule has 0 saturated carbocycles. The summed E-state index contributed by atoms with van der Waals surface area (Å²) in [4.78, 5) is 11.3. The molecule has 0 atom stereocenters. The Labute approximate surface area is 105 Å². The van der Waals surface area contributed by atoms with E-state index in [0.717, 1.165) is 6.07 Å². The third-order valence-corrected chi connectivity index (χ3v) is 3.67. The predicted molar refractivity (Wildman–Crippen MR) is 65.2 cm³/mol. The first kappa shape index (κ1) is 12.8. The standard InChI is InChI=1S/C12H12FNO3S/c13-18(16,17)11-8-4-3-7-10(11)14-12(15)9-5-1-2-6-9/h1-4,7-9H,5-6H2,(H,14,15). The molecule has 0 bridgehead atoms. The van der Waals surface area contributed by atoms with Crippen molar-refractivity contribution in [1.82, 2.24) is 0 Å². The van der Waals surface area contributed by atoms with Gasteiger partial charge in [0.15, 0.2) is 0 Å². The minimum Gasteiger partial charge on any atom is -0.325 e. The predicted octanol–water partition coefficient (Wildman–Crippen LogP) is 2.25. The Balaban J connectivity index is 2.21. The van der Waals surface area contributed by atoms with Crippen molar-refractivity contribution in [3.05, 3.63) is 36.4 Å². The summed E-state index contributed by atoms with van der Waals surface area (Å²) in [5.74, 6) is -0.503. The highest BCUT2D eigenvalue weighted by Crippen LogP contribution is 2.25. The molecule has 0 fully saturated rings. The van der Waals surface area contributed by atoms with E-state index in [0.29, 0.717) is 12.8 Å². The fourth-order valence-electron chi connectivity index (χ4n) is 1.85. The van der Waals surface area contributed by atoms with Crippen molar-refractivity contribution in [3.8, 4) is 0 Å². The normalized spacial score (nSPS) is 15.8. The second kappa shape index (κ2) is 4.89. The summed E-state index contributed by atoms with van der Waals surface area (Å²) in [5, 5.41) is 2.46. The molecule has 0 saturated heterocycles. The molecule has 6 heteroatoms. The number of hydrogen-bond acceptors (Lipinski definition) is 3. The molecule has 4 nitrogen and oxygen atoms in total. The molecule has 1 aromatic carbocycles. The van der Waals surface area contributed by atoms with E-state index in [1.165, 1.54) is 18.2 Å². The van der Waals surface area contributed by atoms with Crippen LogP contribution >= 0.6 is 0 Å². The van der Waals surface area contributed by atoms with Gasteiger partial charge >= 0.3 is 10.2 Å². The van der Waals surface area contributed by atoms with E-state index in [4.69, 9.17) is 0 Å². The highest BCUT2D eigenvalue weighted by Gasteiger charge is 2.22. The Morgan fingerprint density at radius 3 is 2.44 bits per heavy atom. The SMILES string of the molecule is O=C(Nc1ccccc1S(=O)(=O)F)C1CC=CC1. The van der Waals surface area contributed by atoms with Crippen LogP contribution in [0.2, 0.25) is 0 Å². The molecule has 0 heterocycles. The van der Waals surface area contributed by atoms with E-state index < -0.39 is 15.1 Å². The fourth-order valence-corrected chi connectivity index (χ4v) is 2.47. The van der Waals surface area contributed by atoms with Gasteiger partial charge in [-0.05, 0) is 25.0 Å². The van der Waals surface area contributed by atoms with Crippen LogP contribution in [0.5, 0.6) is 0 Å². The molecule has 18 heavy (non-hydrogen) atoms. The first-order valence-electron chi connectivity index (χ1n) is 5.48. The fraction of sp³-hybridized carbons (Fsp3) is 0.250. The first-order valence-corrected chi connectivity index (χ1v) is 6.86. The molecule has 1 amide bonds. The number of hydrogen-bond donors (Lipinski definition) is 1. The Kier molecular flexibility index (Phi) is 3.47. The minimum absolute atomic E-state index is 0.0168. The van der Waals surface area contributed by atoms with Crippen LogP contribution in [0.1, 0.15) is 12.8 Å². The average Bonchev–Trinajstić information content (AvgIpc) is 2.81. The molecule has 1 aromatic rings. The van der Waals surface area contributed by atoms with Crippen molar-refractivity contribution in [2.45, 2.75) is 17.7 Å². The summed E-state index contributed by atoms with van der Waals surface area (Å²) >= 11 is 0. The van der Waals surface area contributed by atoms with Gasteiger partial charge in [0.1, 0.15) is 4.90 Å². The molecular weight excluding hydrogens is 257 g/mol. The van der Waals surface area contributed by atoms with E-state index >= 15 is 0 Å². The Morgan fingerprint density at radius 1 is 1.22 bits per heavy atom. The van der Waals surface area contributed by atoms with Gasteiger partial charge in [0.05, 0.1) is 5.69 Å². The molecule has 1 aliphatic carbocycles. The number of allylic oxidation sites excluding steroid dienone is 2. The van der Waals surface area contributed by atoms with Crippen LogP contribution in [-0.4, -0.2) is 14.3 Å². The van der Waals surface area contributed by atoms with Gasteiger partial charge in [0.2, 0.25) is 5.91 Å². The maximum atomic E-state index is 13.0. The first-order chi connectivity index (χ1) is 8.48. The van der Waals surface area contributed by atoms with Crippen molar-refractivity contribution in [2.24, 2.45) is 5.92 Å². The number of para-hydroxylation sites is 1. The molecule has 0 radical (unpaired) electrons. The Morgan fingerprint density at radius 2 is 1.83 bits per heavy atom. The summed E-state index contributed by atoms with van der Waals surface area (Å²) in [6, 6.07) is 5.43. The summed E-state index contributed by atoms with van der Waals surface area (Å²) in [7, 11) is -4.83. The lowest BCUT2D eigenvalue weighted by atomic mass is 10.1. The molecule has 0 unspecified atom stereocenters. The molecular formula is C12H12FNO3S. The lowest BCUT2D eigenvalue weighted by molar-refractivity contribution is -0.119. The van der Waals surface area contributed by atoms with Crippen molar-refractivity contribution >= 4 is 21.8 Å². The highest BCUT2D eigenvalue weighted by atomic mass is 32.3. The number of carbonyl (C=O) groups is 1. The van der Waals surface area contributed by atoms with E-state index in [-0.39, 0.29) is 17.5 Å². The zero-order valence-corrected chi connectivity index (χ0v) is 10.3. The van der Waals surface area contributed by atoms with E-state index in [1.807, 2.05) is 12.2 Å². The third-order valence-electron chi connectivity index (χ3n) is 2.79. The van der Waals surface area contributed by atoms with Gasteiger partial charge < -0.3 is 5.32 Å². The average molecular weight is 269 g/mol. The lowest BCUT2D eigenvalue weighted by Gasteiger charge is -2.12. The second-order valence-corrected chi connectivity index (χ2v) is 5.38. The highest BCUT2D eigenvalue weighted by molar-refractivity contribution is 7.86. The summed E-state index contributed by atoms with van der Waals surface area (Å²) in [6.07, 6.45) is 5.02. The van der Waals surface area contributed by atoms with Gasteiger partial charge in [-0.3, -0.25) is 4.79 Å². The number of anilines is 1. The van der Waals surface area contributed by atoms with Crippen LogP contribution in [0.15, 0.2) is 41.3 Å². The monoisotopic (exact) mass is 269 g/mol. The summed E-state index contributed by atoms with van der Waals surface area (Å²) in [6.45, 7) is 0. The van der Waals surface area contributed by atoms with Crippen molar-refractivity contribution in [3.63, 3.8) is 0 Å². The second-order valence-electron chi connectivity index (χ2n) is 4.06. The number of rotatable bonds is 3. The molecule has 0 aliphatic heterocycles. The van der Waals surface area contributed by atoms with Gasteiger partial charge in [-0.25, -0.2) is 0 Å². The Bertz CT molecular complexity index is 587. The number of benzene rings is 1. The van der Waals surface area contributed by atoms with E-state index in [2.05, 4.69) is 5.32 Å². The number of carbonyl (C=O) groups excluding carboxylic acids is 1. The van der Waals surface area contributed by atoms with Gasteiger partial charge in [0.25, 0.3) is 0 Å². The van der Waals surface area contributed by atoms with Gasteiger partial charge in [-0.2, -0.15) is 8.42 Å². The van der Waals surface area contributed by atoms with Gasteiger partial charge in [-0.1, -0.05) is 24.3 Å². The summed E-state index contributed by atoms with van der Waals surface area (Å²) in [5.41, 5.74) is -0.0168. The largest absolute Gasteiger partial charge is 0.334 e. The van der Waals surface area contributed by atoms with Crippen LogP contribution in [0, 0.1) is 5.92 Å². The van der Waals surface area contributed by atoms with Crippen LogP contribution in [-0.2, 0) is 15.0 Å². The van der Waals surface area contributed by atoms with Crippen molar-refractivity contribution < 1.29 is 17.1 Å². The maximum Gasteiger partial charge on any atom is 0.334 e. The van der Waals surface area contributed by atoms with Crippen LogP contribution in [0.3, 0.4) is 0 Å². The quantitative estimate of drug-likeness (QED) is 0.676. The molecule has 0 aromatic heterocycles. The van der Waals surface area contributed by atoms with Crippen LogP contribution in [0.4, 0.5) is 9.57 Å². The minimum atomic E-state index is -4.83. The molecule has 0 spiro atoms. The number of amides is 1. The van der Waals surface area contributed by atoms with Crippen molar-refractivity contribution in [1.29, 1.82) is 0 Å². The van der Waals surface area contributed by atoms with Gasteiger partial charge in [0, 0.05) is 5.92 Å². The van der Waals surface area contributed by atoms with Crippen LogP contribution in [0.25, 0.3) is 0 Å². The lowest BCUT2D eigenvalue weighted by Crippen LogP contribution is -2.21.